The molecular formula is C14H26ClN3. The van der Waals surface area contributed by atoms with Crippen LogP contribution in [0, 0.1) is 12.8 Å². The van der Waals surface area contributed by atoms with Crippen molar-refractivity contribution in [3.8, 4) is 0 Å². The summed E-state index contributed by atoms with van der Waals surface area (Å²) in [7, 11) is 1.88. The van der Waals surface area contributed by atoms with Crippen molar-refractivity contribution in [3.05, 3.63) is 16.4 Å². The van der Waals surface area contributed by atoms with Crippen molar-refractivity contribution in [3.63, 3.8) is 0 Å². The minimum atomic E-state index is 0.751. The smallest absolute Gasteiger partial charge is 0.131 e. The molecule has 0 saturated heterocycles. The van der Waals surface area contributed by atoms with Gasteiger partial charge in [0.05, 0.1) is 5.69 Å². The van der Waals surface area contributed by atoms with Gasteiger partial charge >= 0.3 is 0 Å². The van der Waals surface area contributed by atoms with Gasteiger partial charge in [-0.25, -0.2) is 0 Å². The molecule has 3 nitrogen and oxygen atoms in total. The van der Waals surface area contributed by atoms with E-state index in [4.69, 9.17) is 11.6 Å². The second-order valence-electron chi connectivity index (χ2n) is 5.03. The standard InChI is InChI=1S/C14H26ClN3/c1-5-7-8-12(6-2)9-16-10-13-11(3)17-18(4)14(13)15/h12,16H,5-10H2,1-4H3. The minimum Gasteiger partial charge on any atom is -0.312 e. The Hall–Kier alpha value is -0.540. The zero-order valence-electron chi connectivity index (χ0n) is 12.1. The lowest BCUT2D eigenvalue weighted by molar-refractivity contribution is 0.419. The molecule has 1 rings (SSSR count). The number of hydrogen-bond acceptors (Lipinski definition) is 2. The van der Waals surface area contributed by atoms with Gasteiger partial charge in [-0.15, -0.1) is 0 Å². The SMILES string of the molecule is CCCCC(CC)CNCc1c(C)nn(C)c1Cl. The highest BCUT2D eigenvalue weighted by atomic mass is 35.5. The van der Waals surface area contributed by atoms with E-state index in [1.54, 1.807) is 4.68 Å². The largest absolute Gasteiger partial charge is 0.312 e. The zero-order chi connectivity index (χ0) is 13.5. The summed E-state index contributed by atoms with van der Waals surface area (Å²) in [4.78, 5) is 0. The summed E-state index contributed by atoms with van der Waals surface area (Å²) in [6.07, 6.45) is 5.17. The van der Waals surface area contributed by atoms with Crippen molar-refractivity contribution >= 4 is 11.6 Å². The number of nitrogens with zero attached hydrogens (tertiary/aromatic N) is 2. The molecule has 18 heavy (non-hydrogen) atoms. The fourth-order valence-electron chi connectivity index (χ4n) is 2.22. The number of unbranched alkanes of at least 4 members (excludes halogenated alkanes) is 1. The average molecular weight is 272 g/mol. The van der Waals surface area contributed by atoms with E-state index in [2.05, 4.69) is 24.3 Å². The summed E-state index contributed by atoms with van der Waals surface area (Å²) in [5.74, 6) is 0.778. The number of halogens is 1. The van der Waals surface area contributed by atoms with Crippen molar-refractivity contribution in [1.82, 2.24) is 15.1 Å². The molecule has 1 atom stereocenters. The van der Waals surface area contributed by atoms with Crippen molar-refractivity contribution in [2.24, 2.45) is 13.0 Å². The Bertz CT molecular complexity index is 360. The first-order chi connectivity index (χ1) is 8.60. The molecular weight excluding hydrogens is 246 g/mol. The molecule has 1 N–H and O–H groups in total. The lowest BCUT2D eigenvalue weighted by Crippen LogP contribution is -2.22. The lowest BCUT2D eigenvalue weighted by atomic mass is 9.99. The van der Waals surface area contributed by atoms with Crippen molar-refractivity contribution in [1.29, 1.82) is 0 Å². The third-order valence-corrected chi connectivity index (χ3v) is 4.02. The van der Waals surface area contributed by atoms with E-state index in [9.17, 15) is 0 Å². The van der Waals surface area contributed by atoms with E-state index in [1.807, 2.05) is 14.0 Å². The maximum atomic E-state index is 6.21. The van der Waals surface area contributed by atoms with E-state index >= 15 is 0 Å². The first-order valence-electron chi connectivity index (χ1n) is 6.98. The monoisotopic (exact) mass is 271 g/mol. The van der Waals surface area contributed by atoms with E-state index in [-0.39, 0.29) is 0 Å². The molecule has 1 unspecified atom stereocenters. The summed E-state index contributed by atoms with van der Waals surface area (Å²) in [6.45, 7) is 8.42. The summed E-state index contributed by atoms with van der Waals surface area (Å²) in [6, 6.07) is 0. The topological polar surface area (TPSA) is 29.9 Å². The van der Waals surface area contributed by atoms with Gasteiger partial charge in [0, 0.05) is 19.2 Å². The van der Waals surface area contributed by atoms with Crippen LogP contribution in [0.25, 0.3) is 0 Å². The molecule has 1 heterocycles. The maximum absolute atomic E-state index is 6.21. The number of hydrogen-bond donors (Lipinski definition) is 1. The highest BCUT2D eigenvalue weighted by molar-refractivity contribution is 6.30. The van der Waals surface area contributed by atoms with Crippen molar-refractivity contribution < 1.29 is 0 Å². The van der Waals surface area contributed by atoms with Crippen molar-refractivity contribution in [2.75, 3.05) is 6.54 Å². The van der Waals surface area contributed by atoms with Crippen molar-refractivity contribution in [2.45, 2.75) is 53.0 Å². The summed E-state index contributed by atoms with van der Waals surface area (Å²) >= 11 is 6.21. The zero-order valence-corrected chi connectivity index (χ0v) is 12.8. The molecule has 1 aromatic rings. The van der Waals surface area contributed by atoms with Crippen LogP contribution in [-0.4, -0.2) is 16.3 Å². The van der Waals surface area contributed by atoms with Gasteiger partial charge < -0.3 is 5.32 Å². The van der Waals surface area contributed by atoms with Gasteiger partial charge in [0.2, 0.25) is 0 Å². The van der Waals surface area contributed by atoms with E-state index in [0.717, 1.165) is 35.4 Å². The predicted octanol–water partition coefficient (Wildman–Crippen LogP) is 3.69. The molecule has 4 heteroatoms. The van der Waals surface area contributed by atoms with Gasteiger partial charge in [-0.1, -0.05) is 44.7 Å². The van der Waals surface area contributed by atoms with E-state index in [1.165, 1.54) is 25.7 Å². The normalized spacial score (nSPS) is 12.9. The van der Waals surface area contributed by atoms with Gasteiger partial charge in [0.1, 0.15) is 5.15 Å². The average Bonchev–Trinajstić information content (AvgIpc) is 2.59. The molecule has 0 bridgehead atoms. The number of aromatic nitrogens is 2. The lowest BCUT2D eigenvalue weighted by Gasteiger charge is -2.15. The van der Waals surface area contributed by atoms with Gasteiger partial charge in [0.15, 0.2) is 0 Å². The second-order valence-corrected chi connectivity index (χ2v) is 5.38. The Balaban J connectivity index is 2.40. The van der Waals surface area contributed by atoms with Gasteiger partial charge in [-0.05, 0) is 25.8 Å². The Kier molecular flexibility index (Phi) is 6.72. The highest BCUT2D eigenvalue weighted by Crippen LogP contribution is 2.18. The van der Waals surface area contributed by atoms with Gasteiger partial charge in [0.25, 0.3) is 0 Å². The van der Waals surface area contributed by atoms with Gasteiger partial charge in [-0.3, -0.25) is 4.68 Å². The molecule has 0 aliphatic rings. The summed E-state index contributed by atoms with van der Waals surface area (Å²) in [5.41, 5.74) is 2.15. The van der Waals surface area contributed by atoms with Crippen LogP contribution in [0.15, 0.2) is 0 Å². The minimum absolute atomic E-state index is 0.751. The molecule has 0 radical (unpaired) electrons. The number of rotatable bonds is 8. The first-order valence-corrected chi connectivity index (χ1v) is 7.36. The first kappa shape index (κ1) is 15.5. The fraction of sp³-hybridized carbons (Fsp3) is 0.786. The molecule has 0 aliphatic heterocycles. The molecule has 0 aromatic carbocycles. The van der Waals surface area contributed by atoms with Crippen LogP contribution in [0.1, 0.15) is 50.8 Å². The highest BCUT2D eigenvalue weighted by Gasteiger charge is 2.11. The molecule has 0 saturated carbocycles. The van der Waals surface area contributed by atoms with Crippen LogP contribution in [0.5, 0.6) is 0 Å². The summed E-state index contributed by atoms with van der Waals surface area (Å²) < 4.78 is 1.74. The van der Waals surface area contributed by atoms with E-state index in [0.29, 0.717) is 0 Å². The Labute approximate surface area is 116 Å². The molecule has 0 amide bonds. The Morgan fingerprint density at radius 1 is 1.39 bits per heavy atom. The fourth-order valence-corrected chi connectivity index (χ4v) is 2.46. The second kappa shape index (κ2) is 7.80. The third-order valence-electron chi connectivity index (χ3n) is 3.55. The van der Waals surface area contributed by atoms with Crippen LogP contribution in [0.3, 0.4) is 0 Å². The van der Waals surface area contributed by atoms with Gasteiger partial charge in [-0.2, -0.15) is 5.10 Å². The Morgan fingerprint density at radius 2 is 2.11 bits per heavy atom. The summed E-state index contributed by atoms with van der Waals surface area (Å²) in [5, 5.41) is 8.59. The van der Waals surface area contributed by atoms with E-state index < -0.39 is 0 Å². The quantitative estimate of drug-likeness (QED) is 0.782. The Morgan fingerprint density at radius 3 is 2.61 bits per heavy atom. The molecule has 0 fully saturated rings. The molecule has 1 aromatic heterocycles. The molecule has 0 aliphatic carbocycles. The van der Waals surface area contributed by atoms with Crippen LogP contribution < -0.4 is 5.32 Å². The number of aryl methyl sites for hydroxylation is 2. The van der Waals surface area contributed by atoms with Crippen LogP contribution in [0.4, 0.5) is 0 Å². The predicted molar refractivity (Wildman–Crippen MR) is 78.0 cm³/mol. The van der Waals surface area contributed by atoms with Crippen LogP contribution in [0.2, 0.25) is 5.15 Å². The van der Waals surface area contributed by atoms with Crippen LogP contribution in [-0.2, 0) is 13.6 Å². The third kappa shape index (κ3) is 4.29. The number of nitrogens with one attached hydrogen (secondary N) is 1. The maximum Gasteiger partial charge on any atom is 0.131 e. The van der Waals surface area contributed by atoms with Crippen LogP contribution >= 0.6 is 11.6 Å². The molecule has 0 spiro atoms. The molecule has 104 valence electrons.